The highest BCUT2D eigenvalue weighted by Gasteiger charge is 2.14. The van der Waals surface area contributed by atoms with Gasteiger partial charge in [-0.2, -0.15) is 0 Å². The summed E-state index contributed by atoms with van der Waals surface area (Å²) in [4.78, 5) is 11.2. The van der Waals surface area contributed by atoms with E-state index in [1.54, 1.807) is 0 Å². The number of carboxylic acid groups (broad SMARTS) is 1. The fourth-order valence-electron chi connectivity index (χ4n) is 1.15. The molecule has 1 heterocycles. The summed E-state index contributed by atoms with van der Waals surface area (Å²) in [5, 5.41) is 9.91. The molecule has 66 valence electrons. The van der Waals surface area contributed by atoms with E-state index in [-0.39, 0.29) is 0 Å². The summed E-state index contributed by atoms with van der Waals surface area (Å²) >= 11 is 3.40. The molecule has 0 radical (unpaired) electrons. The largest absolute Gasteiger partial charge is 0.477 e. The standard InChI is InChI=1S/C9H5IO2S/c10-7-5-3-1-2-4-6(5)13-8(7)9(11)12/h1-4H,(H,11,12). The van der Waals surface area contributed by atoms with Crippen LogP contribution in [0.15, 0.2) is 24.3 Å². The van der Waals surface area contributed by atoms with Crippen LogP contribution in [0.3, 0.4) is 0 Å². The first kappa shape index (κ1) is 8.96. The molecule has 0 aliphatic heterocycles. The molecule has 1 N–H and O–H groups in total. The van der Waals surface area contributed by atoms with Crippen LogP contribution in [0.5, 0.6) is 0 Å². The van der Waals surface area contributed by atoms with E-state index >= 15 is 0 Å². The molecular weight excluding hydrogens is 299 g/mol. The number of halogens is 1. The van der Waals surface area contributed by atoms with Crippen LogP contribution >= 0.6 is 33.9 Å². The lowest BCUT2D eigenvalue weighted by molar-refractivity contribution is 0.0701. The van der Waals surface area contributed by atoms with Gasteiger partial charge >= 0.3 is 5.97 Å². The number of benzene rings is 1. The fourth-order valence-corrected chi connectivity index (χ4v) is 3.30. The Morgan fingerprint density at radius 1 is 1.38 bits per heavy atom. The van der Waals surface area contributed by atoms with Crippen LogP contribution in [0.25, 0.3) is 10.1 Å². The van der Waals surface area contributed by atoms with Gasteiger partial charge in [0.1, 0.15) is 4.88 Å². The van der Waals surface area contributed by atoms with E-state index in [0.29, 0.717) is 4.88 Å². The van der Waals surface area contributed by atoms with Gasteiger partial charge in [-0.1, -0.05) is 18.2 Å². The van der Waals surface area contributed by atoms with Gasteiger partial charge < -0.3 is 5.11 Å². The minimum absolute atomic E-state index is 0.432. The second-order valence-corrected chi connectivity index (χ2v) is 4.68. The highest BCUT2D eigenvalue weighted by Crippen LogP contribution is 2.31. The molecule has 0 amide bonds. The number of carboxylic acids is 1. The summed E-state index contributed by atoms with van der Waals surface area (Å²) in [6, 6.07) is 7.72. The SMILES string of the molecule is O=C(O)c1sc2ccccc2c1I. The van der Waals surface area contributed by atoms with Crippen molar-refractivity contribution >= 4 is 50.0 Å². The Balaban J connectivity index is 2.81. The van der Waals surface area contributed by atoms with Crippen LogP contribution in [0.2, 0.25) is 0 Å². The average molecular weight is 304 g/mol. The Bertz CT molecular complexity index is 475. The predicted molar refractivity (Wildman–Crippen MR) is 61.5 cm³/mol. The van der Waals surface area contributed by atoms with Gasteiger partial charge in [0.25, 0.3) is 0 Å². The molecule has 0 fully saturated rings. The number of aromatic carboxylic acids is 1. The summed E-state index contributed by atoms with van der Waals surface area (Å²) in [7, 11) is 0. The van der Waals surface area contributed by atoms with Gasteiger partial charge in [-0.3, -0.25) is 0 Å². The van der Waals surface area contributed by atoms with E-state index in [9.17, 15) is 4.79 Å². The molecule has 0 saturated carbocycles. The minimum Gasteiger partial charge on any atom is -0.477 e. The fraction of sp³-hybridized carbons (Fsp3) is 0. The van der Waals surface area contributed by atoms with E-state index in [1.807, 2.05) is 24.3 Å². The lowest BCUT2D eigenvalue weighted by Gasteiger charge is -1.88. The third-order valence-corrected chi connectivity index (χ3v) is 4.37. The third-order valence-electron chi connectivity index (χ3n) is 1.73. The summed E-state index contributed by atoms with van der Waals surface area (Å²) in [5.74, 6) is -0.842. The molecule has 2 rings (SSSR count). The van der Waals surface area contributed by atoms with Crippen LogP contribution in [-0.4, -0.2) is 11.1 Å². The summed E-state index contributed by atoms with van der Waals surface area (Å²) in [5.41, 5.74) is 0. The Morgan fingerprint density at radius 3 is 2.69 bits per heavy atom. The van der Waals surface area contributed by atoms with Crippen molar-refractivity contribution in [1.82, 2.24) is 0 Å². The molecule has 0 saturated heterocycles. The molecule has 0 unspecified atom stereocenters. The van der Waals surface area contributed by atoms with Crippen molar-refractivity contribution < 1.29 is 9.90 Å². The second-order valence-electron chi connectivity index (χ2n) is 2.55. The van der Waals surface area contributed by atoms with E-state index in [1.165, 1.54) is 11.3 Å². The monoisotopic (exact) mass is 304 g/mol. The molecule has 4 heteroatoms. The van der Waals surface area contributed by atoms with E-state index < -0.39 is 5.97 Å². The van der Waals surface area contributed by atoms with E-state index in [0.717, 1.165) is 13.7 Å². The Kier molecular flexibility index (Phi) is 2.25. The second kappa shape index (κ2) is 3.26. The van der Waals surface area contributed by atoms with Crippen molar-refractivity contribution in [3.8, 4) is 0 Å². The zero-order chi connectivity index (χ0) is 9.42. The van der Waals surface area contributed by atoms with Crippen LogP contribution < -0.4 is 0 Å². The maximum absolute atomic E-state index is 10.8. The van der Waals surface area contributed by atoms with Crippen molar-refractivity contribution in [2.24, 2.45) is 0 Å². The minimum atomic E-state index is -0.842. The molecule has 1 aromatic carbocycles. The third kappa shape index (κ3) is 1.44. The Morgan fingerprint density at radius 2 is 2.08 bits per heavy atom. The molecular formula is C9H5IO2S. The molecule has 0 bridgehead atoms. The molecule has 1 aromatic heterocycles. The molecule has 2 aromatic rings. The molecule has 0 aliphatic carbocycles. The Labute approximate surface area is 92.3 Å². The van der Waals surface area contributed by atoms with Gasteiger partial charge in [0.15, 0.2) is 0 Å². The number of hydrogen-bond donors (Lipinski definition) is 1. The normalized spacial score (nSPS) is 10.5. The maximum atomic E-state index is 10.8. The van der Waals surface area contributed by atoms with Crippen LogP contribution in [0, 0.1) is 3.57 Å². The lowest BCUT2D eigenvalue weighted by atomic mass is 10.2. The van der Waals surface area contributed by atoms with Gasteiger partial charge in [0.2, 0.25) is 0 Å². The number of rotatable bonds is 1. The molecule has 0 atom stereocenters. The Hall–Kier alpha value is -0.620. The first-order valence-electron chi connectivity index (χ1n) is 3.60. The summed E-state index contributed by atoms with van der Waals surface area (Å²) < 4.78 is 1.87. The van der Waals surface area contributed by atoms with Crippen molar-refractivity contribution in [2.45, 2.75) is 0 Å². The first-order chi connectivity index (χ1) is 6.20. The van der Waals surface area contributed by atoms with Gasteiger partial charge in [0, 0.05) is 13.7 Å². The van der Waals surface area contributed by atoms with E-state index in [4.69, 9.17) is 5.11 Å². The van der Waals surface area contributed by atoms with Gasteiger partial charge in [-0.15, -0.1) is 11.3 Å². The van der Waals surface area contributed by atoms with Crippen molar-refractivity contribution in [3.05, 3.63) is 32.7 Å². The first-order valence-corrected chi connectivity index (χ1v) is 5.50. The van der Waals surface area contributed by atoms with E-state index in [2.05, 4.69) is 22.6 Å². The van der Waals surface area contributed by atoms with Crippen LogP contribution in [-0.2, 0) is 0 Å². The number of fused-ring (bicyclic) bond motifs is 1. The predicted octanol–water partition coefficient (Wildman–Crippen LogP) is 3.20. The number of hydrogen-bond acceptors (Lipinski definition) is 2. The van der Waals surface area contributed by atoms with Crippen molar-refractivity contribution in [3.63, 3.8) is 0 Å². The zero-order valence-corrected chi connectivity index (χ0v) is 9.43. The molecule has 0 spiro atoms. The highest BCUT2D eigenvalue weighted by molar-refractivity contribution is 14.1. The molecule has 2 nitrogen and oxygen atoms in total. The topological polar surface area (TPSA) is 37.3 Å². The smallest absolute Gasteiger partial charge is 0.347 e. The van der Waals surface area contributed by atoms with Gasteiger partial charge in [-0.05, 0) is 28.7 Å². The van der Waals surface area contributed by atoms with Crippen LogP contribution in [0.4, 0.5) is 0 Å². The maximum Gasteiger partial charge on any atom is 0.347 e. The lowest BCUT2D eigenvalue weighted by Crippen LogP contribution is -1.93. The summed E-state index contributed by atoms with van der Waals surface area (Å²) in [6.45, 7) is 0. The highest BCUT2D eigenvalue weighted by atomic mass is 127. The van der Waals surface area contributed by atoms with Gasteiger partial charge in [0.05, 0.1) is 0 Å². The number of carbonyl (C=O) groups is 1. The average Bonchev–Trinajstić information content (AvgIpc) is 2.45. The number of thiophene rings is 1. The van der Waals surface area contributed by atoms with Crippen molar-refractivity contribution in [1.29, 1.82) is 0 Å². The van der Waals surface area contributed by atoms with Gasteiger partial charge in [-0.25, -0.2) is 4.79 Å². The van der Waals surface area contributed by atoms with Crippen molar-refractivity contribution in [2.75, 3.05) is 0 Å². The summed E-state index contributed by atoms with van der Waals surface area (Å²) in [6.07, 6.45) is 0. The molecule has 13 heavy (non-hydrogen) atoms. The quantitative estimate of drug-likeness (QED) is 0.822. The molecule has 0 aliphatic rings. The van der Waals surface area contributed by atoms with Crippen LogP contribution in [0.1, 0.15) is 9.67 Å². The zero-order valence-electron chi connectivity index (χ0n) is 6.45.